The Morgan fingerprint density at radius 1 is 0.266 bits per heavy atom. The van der Waals surface area contributed by atoms with Crippen LogP contribution < -0.4 is 4.74 Å². The SMILES string of the molecule is c1ccc(-n2c3ccccc3c3cc(Oc4cc(-n5c6ccccc6c6ccccc65)cc(-n5c6ccc(-c7ccncc7)cc6c6cc(-c7ccncc7)ccc65)c4)ccc32)cc1. The molecule has 300 valence electrons. The van der Waals surface area contributed by atoms with Crippen molar-refractivity contribution in [1.29, 1.82) is 0 Å². The number of nitrogens with zero attached hydrogens (tertiary/aromatic N) is 5. The second kappa shape index (κ2) is 14.4. The van der Waals surface area contributed by atoms with Gasteiger partial charge in [0.05, 0.1) is 44.5 Å². The number of rotatable bonds is 7. The van der Waals surface area contributed by atoms with Crippen molar-refractivity contribution in [2.75, 3.05) is 0 Å². The molecule has 13 aromatic rings. The molecule has 8 aromatic carbocycles. The zero-order chi connectivity index (χ0) is 42.1. The predicted molar refractivity (Wildman–Crippen MR) is 262 cm³/mol. The molecule has 5 aromatic heterocycles. The number of hydrogen-bond acceptors (Lipinski definition) is 3. The standard InChI is InChI=1S/C58H37N5O/c1-2-10-42(11-3-1)61-55-17-9-6-14-49(55)52-37-45(20-23-58(52)61)64-46-35-43(62-53-15-7-4-12-47(53)48-13-5-8-16-54(48)62)34-44(36-46)63-56-21-18-40(38-24-28-59-29-25-38)32-50(56)51-33-41(19-22-57(51)63)39-26-30-60-31-27-39/h1-37H. The van der Waals surface area contributed by atoms with E-state index in [-0.39, 0.29) is 0 Å². The Balaban J connectivity index is 1.05. The molecule has 0 aliphatic carbocycles. The van der Waals surface area contributed by atoms with Crippen molar-refractivity contribution >= 4 is 65.4 Å². The summed E-state index contributed by atoms with van der Waals surface area (Å²) in [6.45, 7) is 0. The number of benzene rings is 8. The quantitative estimate of drug-likeness (QED) is 0.161. The number of fused-ring (bicyclic) bond motifs is 9. The van der Waals surface area contributed by atoms with Crippen LogP contribution in [0.3, 0.4) is 0 Å². The van der Waals surface area contributed by atoms with Gasteiger partial charge in [0.2, 0.25) is 0 Å². The first-order valence-electron chi connectivity index (χ1n) is 21.5. The lowest BCUT2D eigenvalue weighted by atomic mass is 10.0. The second-order valence-corrected chi connectivity index (χ2v) is 16.3. The van der Waals surface area contributed by atoms with Crippen LogP contribution in [0.15, 0.2) is 225 Å². The molecule has 0 amide bonds. The summed E-state index contributed by atoms with van der Waals surface area (Å²) in [6, 6.07) is 71.4. The monoisotopic (exact) mass is 819 g/mol. The predicted octanol–water partition coefficient (Wildman–Crippen LogP) is 14.9. The van der Waals surface area contributed by atoms with Gasteiger partial charge in [-0.2, -0.15) is 0 Å². The molecule has 64 heavy (non-hydrogen) atoms. The minimum Gasteiger partial charge on any atom is -0.457 e. The minimum absolute atomic E-state index is 0.734. The van der Waals surface area contributed by atoms with Crippen LogP contribution in [0.2, 0.25) is 0 Å². The molecule has 13 rings (SSSR count). The zero-order valence-electron chi connectivity index (χ0n) is 34.5. The van der Waals surface area contributed by atoms with Gasteiger partial charge in [0, 0.05) is 74.9 Å². The molecule has 6 nitrogen and oxygen atoms in total. The van der Waals surface area contributed by atoms with E-state index in [1.165, 1.54) is 16.2 Å². The summed E-state index contributed by atoms with van der Waals surface area (Å²) in [6.07, 6.45) is 7.41. The summed E-state index contributed by atoms with van der Waals surface area (Å²) >= 11 is 0. The molecule has 0 radical (unpaired) electrons. The number of ether oxygens (including phenoxy) is 1. The normalized spacial score (nSPS) is 11.8. The van der Waals surface area contributed by atoms with Gasteiger partial charge in [-0.3, -0.25) is 9.97 Å². The fourth-order valence-electron chi connectivity index (χ4n) is 9.84. The van der Waals surface area contributed by atoms with Crippen LogP contribution >= 0.6 is 0 Å². The van der Waals surface area contributed by atoms with Crippen LogP contribution in [0.4, 0.5) is 0 Å². The lowest BCUT2D eigenvalue weighted by Crippen LogP contribution is -2.00. The Morgan fingerprint density at radius 2 is 0.672 bits per heavy atom. The smallest absolute Gasteiger partial charge is 0.131 e. The Hall–Kier alpha value is -8.74. The lowest BCUT2D eigenvalue weighted by molar-refractivity contribution is 0.483. The molecule has 0 unspecified atom stereocenters. The van der Waals surface area contributed by atoms with Gasteiger partial charge in [0.15, 0.2) is 0 Å². The van der Waals surface area contributed by atoms with E-state index in [2.05, 4.69) is 224 Å². The van der Waals surface area contributed by atoms with Gasteiger partial charge in [-0.05, 0) is 125 Å². The maximum Gasteiger partial charge on any atom is 0.131 e. The van der Waals surface area contributed by atoms with Gasteiger partial charge < -0.3 is 18.4 Å². The fourth-order valence-corrected chi connectivity index (χ4v) is 9.84. The fraction of sp³-hybridized carbons (Fsp3) is 0. The number of hydrogen-bond donors (Lipinski definition) is 0. The average molecular weight is 820 g/mol. The molecule has 0 N–H and O–H groups in total. The maximum absolute atomic E-state index is 7.08. The molecular weight excluding hydrogens is 783 g/mol. The van der Waals surface area contributed by atoms with E-state index in [1.54, 1.807) is 0 Å². The highest BCUT2D eigenvalue weighted by molar-refractivity contribution is 6.13. The highest BCUT2D eigenvalue weighted by Crippen LogP contribution is 2.41. The lowest BCUT2D eigenvalue weighted by Gasteiger charge is -2.16. The molecule has 5 heterocycles. The molecule has 0 spiro atoms. The number of pyridine rings is 2. The number of aromatic nitrogens is 5. The summed E-state index contributed by atoms with van der Waals surface area (Å²) in [4.78, 5) is 8.59. The third-order valence-corrected chi connectivity index (χ3v) is 12.7. The molecule has 6 heteroatoms. The van der Waals surface area contributed by atoms with Crippen LogP contribution in [0.5, 0.6) is 11.5 Å². The Morgan fingerprint density at radius 3 is 1.19 bits per heavy atom. The van der Waals surface area contributed by atoms with E-state index in [1.807, 2.05) is 24.8 Å². The first kappa shape index (κ1) is 36.0. The topological polar surface area (TPSA) is 49.8 Å². The highest BCUT2D eigenvalue weighted by Gasteiger charge is 2.20. The summed E-state index contributed by atoms with van der Waals surface area (Å²) in [7, 11) is 0. The third kappa shape index (κ3) is 5.73. The van der Waals surface area contributed by atoms with Crippen LogP contribution in [0.1, 0.15) is 0 Å². The van der Waals surface area contributed by atoms with E-state index in [4.69, 9.17) is 4.74 Å². The van der Waals surface area contributed by atoms with Crippen molar-refractivity contribution < 1.29 is 4.74 Å². The van der Waals surface area contributed by atoms with Gasteiger partial charge in [-0.25, -0.2) is 0 Å². The second-order valence-electron chi connectivity index (χ2n) is 16.3. The first-order chi connectivity index (χ1) is 31.7. The highest BCUT2D eigenvalue weighted by atomic mass is 16.5. The maximum atomic E-state index is 7.08. The zero-order valence-corrected chi connectivity index (χ0v) is 34.5. The van der Waals surface area contributed by atoms with Gasteiger partial charge >= 0.3 is 0 Å². The van der Waals surface area contributed by atoms with E-state index in [9.17, 15) is 0 Å². The Labute approximate surface area is 368 Å². The van der Waals surface area contributed by atoms with Gasteiger partial charge in [0.1, 0.15) is 11.5 Å². The molecule has 0 saturated carbocycles. The van der Waals surface area contributed by atoms with Crippen molar-refractivity contribution in [2.24, 2.45) is 0 Å². The van der Waals surface area contributed by atoms with Crippen molar-refractivity contribution in [1.82, 2.24) is 23.7 Å². The van der Waals surface area contributed by atoms with E-state index >= 15 is 0 Å². The van der Waals surface area contributed by atoms with Crippen molar-refractivity contribution in [3.05, 3.63) is 225 Å². The summed E-state index contributed by atoms with van der Waals surface area (Å²) in [5.74, 6) is 1.50. The summed E-state index contributed by atoms with van der Waals surface area (Å²) < 4.78 is 14.2. The molecule has 0 aliphatic rings. The Kier molecular flexibility index (Phi) is 8.11. The van der Waals surface area contributed by atoms with E-state index < -0.39 is 0 Å². The third-order valence-electron chi connectivity index (χ3n) is 12.7. The molecule has 0 aliphatic heterocycles. The number of para-hydroxylation sites is 4. The summed E-state index contributed by atoms with van der Waals surface area (Å²) in [5.41, 5.74) is 14.4. The molecular formula is C58H37N5O. The van der Waals surface area contributed by atoms with Crippen LogP contribution in [0.25, 0.3) is 105 Å². The first-order valence-corrected chi connectivity index (χ1v) is 21.5. The summed E-state index contributed by atoms with van der Waals surface area (Å²) in [5, 5.41) is 7.03. The van der Waals surface area contributed by atoms with Crippen LogP contribution in [0, 0.1) is 0 Å². The average Bonchev–Trinajstić information content (AvgIpc) is 4.00. The van der Waals surface area contributed by atoms with Crippen LogP contribution in [-0.4, -0.2) is 23.7 Å². The van der Waals surface area contributed by atoms with Crippen LogP contribution in [-0.2, 0) is 0 Å². The largest absolute Gasteiger partial charge is 0.457 e. The van der Waals surface area contributed by atoms with E-state index in [0.717, 1.165) is 100 Å². The van der Waals surface area contributed by atoms with E-state index in [0.29, 0.717) is 0 Å². The minimum atomic E-state index is 0.734. The van der Waals surface area contributed by atoms with Crippen molar-refractivity contribution in [3.63, 3.8) is 0 Å². The molecule has 0 saturated heterocycles. The van der Waals surface area contributed by atoms with Crippen molar-refractivity contribution in [2.45, 2.75) is 0 Å². The molecule has 0 fully saturated rings. The van der Waals surface area contributed by atoms with Gasteiger partial charge in [-0.1, -0.05) is 84.9 Å². The van der Waals surface area contributed by atoms with Gasteiger partial charge in [0.25, 0.3) is 0 Å². The van der Waals surface area contributed by atoms with Crippen molar-refractivity contribution in [3.8, 4) is 50.8 Å². The van der Waals surface area contributed by atoms with Gasteiger partial charge in [-0.15, -0.1) is 0 Å². The molecule has 0 bridgehead atoms. The Bertz CT molecular complexity index is 3770. The molecule has 0 atom stereocenters.